The lowest BCUT2D eigenvalue weighted by atomic mass is 10.2. The van der Waals surface area contributed by atoms with E-state index in [0.717, 1.165) is 32.5 Å². The summed E-state index contributed by atoms with van der Waals surface area (Å²) in [6.07, 6.45) is 8.94. The first-order chi connectivity index (χ1) is 7.77. The topological polar surface area (TPSA) is 38.1 Å². The van der Waals surface area contributed by atoms with E-state index in [9.17, 15) is 4.79 Å². The van der Waals surface area contributed by atoms with Crippen molar-refractivity contribution in [2.45, 2.75) is 39.7 Å². The summed E-state index contributed by atoms with van der Waals surface area (Å²) in [5.74, 6) is 0.266. The summed E-state index contributed by atoms with van der Waals surface area (Å²) >= 11 is 0. The second-order valence-electron chi connectivity index (χ2n) is 3.76. The molecule has 0 bridgehead atoms. The molecule has 0 N–H and O–H groups in total. The number of rotatable bonds is 7. The number of hydrogen-bond donors (Lipinski definition) is 0. The van der Waals surface area contributed by atoms with E-state index in [1.54, 1.807) is 6.33 Å². The van der Waals surface area contributed by atoms with Crippen molar-refractivity contribution in [2.75, 3.05) is 13.1 Å². The van der Waals surface area contributed by atoms with Crippen LogP contribution in [-0.4, -0.2) is 33.4 Å². The minimum Gasteiger partial charge on any atom is -0.343 e. The van der Waals surface area contributed by atoms with Crippen molar-refractivity contribution in [3.63, 3.8) is 0 Å². The van der Waals surface area contributed by atoms with Gasteiger partial charge in [0.2, 0.25) is 5.91 Å². The predicted octanol–water partition coefficient (Wildman–Crippen LogP) is 1.72. The molecule has 0 fully saturated rings. The zero-order chi connectivity index (χ0) is 11.8. The quantitative estimate of drug-likeness (QED) is 0.659. The highest BCUT2D eigenvalue weighted by Gasteiger charge is 2.08. The van der Waals surface area contributed by atoms with E-state index in [1.807, 2.05) is 29.5 Å². The van der Waals surface area contributed by atoms with Crippen LogP contribution in [0.15, 0.2) is 12.5 Å². The van der Waals surface area contributed by atoms with Crippen LogP contribution < -0.4 is 0 Å². The van der Waals surface area contributed by atoms with Crippen LogP contribution in [-0.2, 0) is 11.3 Å². The molecule has 1 aromatic heterocycles. The third-order valence-electron chi connectivity index (χ3n) is 2.68. The van der Waals surface area contributed by atoms with Crippen molar-refractivity contribution in [1.29, 1.82) is 0 Å². The van der Waals surface area contributed by atoms with Gasteiger partial charge in [-0.2, -0.15) is 0 Å². The minimum absolute atomic E-state index is 0.266. The summed E-state index contributed by atoms with van der Waals surface area (Å²) in [7, 11) is 0. The molecule has 1 heterocycles. The highest BCUT2D eigenvalue weighted by atomic mass is 16.2. The van der Waals surface area contributed by atoms with E-state index in [-0.39, 0.29) is 5.91 Å². The molecule has 1 aromatic rings. The maximum absolute atomic E-state index is 11.7. The zero-order valence-electron chi connectivity index (χ0n) is 10.1. The molecule has 1 amide bonds. The third kappa shape index (κ3) is 4.04. The van der Waals surface area contributed by atoms with Gasteiger partial charge in [0.1, 0.15) is 6.20 Å². The molecule has 4 heteroatoms. The average Bonchev–Trinajstić information content (AvgIpc) is 2.79. The number of nitrogens with zero attached hydrogens (tertiary/aromatic N) is 3. The molecule has 16 heavy (non-hydrogen) atoms. The Labute approximate surface area is 97.3 Å². The van der Waals surface area contributed by atoms with Gasteiger partial charge in [-0.15, -0.1) is 0 Å². The number of amides is 1. The molecule has 0 saturated carbocycles. The molecule has 0 aliphatic rings. The molecule has 0 aliphatic heterocycles. The monoisotopic (exact) mass is 222 g/mol. The molecule has 0 atom stereocenters. The number of imidazole rings is 1. The van der Waals surface area contributed by atoms with Crippen LogP contribution in [0.5, 0.6) is 0 Å². The van der Waals surface area contributed by atoms with Crippen molar-refractivity contribution < 1.29 is 4.79 Å². The Hall–Kier alpha value is -1.32. The van der Waals surface area contributed by atoms with E-state index in [4.69, 9.17) is 0 Å². The fraction of sp³-hybridized carbons (Fsp3) is 0.667. The lowest BCUT2D eigenvalue weighted by Gasteiger charge is -2.18. The second-order valence-corrected chi connectivity index (χ2v) is 3.76. The number of aryl methyl sites for hydroxylation is 1. The highest BCUT2D eigenvalue weighted by molar-refractivity contribution is 5.75. The minimum atomic E-state index is 0.266. The molecule has 89 valence electrons. The van der Waals surface area contributed by atoms with Gasteiger partial charge in [0.05, 0.1) is 6.33 Å². The van der Waals surface area contributed by atoms with Gasteiger partial charge in [-0.1, -0.05) is 0 Å². The lowest BCUT2D eigenvalue weighted by Crippen LogP contribution is -2.30. The van der Waals surface area contributed by atoms with Gasteiger partial charge in [-0.3, -0.25) is 4.79 Å². The molecule has 1 radical (unpaired) electrons. The van der Waals surface area contributed by atoms with Crippen LogP contribution >= 0.6 is 0 Å². The van der Waals surface area contributed by atoms with Crippen molar-refractivity contribution in [3.05, 3.63) is 18.7 Å². The molecule has 0 aromatic carbocycles. The number of carbonyl (C=O) groups excluding carboxylic acids is 1. The van der Waals surface area contributed by atoms with Gasteiger partial charge in [0, 0.05) is 32.3 Å². The molecule has 0 spiro atoms. The fourth-order valence-electron chi connectivity index (χ4n) is 1.68. The van der Waals surface area contributed by atoms with Gasteiger partial charge in [-0.25, -0.2) is 4.98 Å². The summed E-state index contributed by atoms with van der Waals surface area (Å²) in [6.45, 7) is 6.57. The average molecular weight is 222 g/mol. The standard InChI is InChI=1S/C12H20N3O/c1-3-15(4-2)12(16)7-5-6-9-14-10-8-13-11-14/h10-11H,3-7,9H2,1-2H3. The maximum atomic E-state index is 11.7. The summed E-state index contributed by atoms with van der Waals surface area (Å²) in [4.78, 5) is 17.4. The zero-order valence-corrected chi connectivity index (χ0v) is 10.1. The van der Waals surface area contributed by atoms with Gasteiger partial charge in [0.15, 0.2) is 0 Å². The first-order valence-corrected chi connectivity index (χ1v) is 5.93. The summed E-state index contributed by atoms with van der Waals surface area (Å²) in [5, 5.41) is 0. The second kappa shape index (κ2) is 7.04. The Bertz CT molecular complexity index is 291. The number of unbranched alkanes of at least 4 members (excludes halogenated alkanes) is 1. The van der Waals surface area contributed by atoms with Crippen molar-refractivity contribution in [2.24, 2.45) is 0 Å². The maximum Gasteiger partial charge on any atom is 0.222 e. The van der Waals surface area contributed by atoms with E-state index in [2.05, 4.69) is 11.2 Å². The van der Waals surface area contributed by atoms with Crippen LogP contribution in [0.3, 0.4) is 0 Å². The summed E-state index contributed by atoms with van der Waals surface area (Å²) < 4.78 is 1.99. The smallest absolute Gasteiger partial charge is 0.222 e. The van der Waals surface area contributed by atoms with Crippen LogP contribution in [0.4, 0.5) is 0 Å². The van der Waals surface area contributed by atoms with E-state index < -0.39 is 0 Å². The number of carbonyl (C=O) groups is 1. The van der Waals surface area contributed by atoms with Crippen LogP contribution in [0.25, 0.3) is 0 Å². The van der Waals surface area contributed by atoms with Gasteiger partial charge in [0.25, 0.3) is 0 Å². The van der Waals surface area contributed by atoms with E-state index >= 15 is 0 Å². The number of hydrogen-bond acceptors (Lipinski definition) is 2. The number of aromatic nitrogens is 2. The van der Waals surface area contributed by atoms with E-state index in [1.165, 1.54) is 0 Å². The van der Waals surface area contributed by atoms with Gasteiger partial charge < -0.3 is 9.47 Å². The molecule has 4 nitrogen and oxygen atoms in total. The third-order valence-corrected chi connectivity index (χ3v) is 2.68. The summed E-state index contributed by atoms with van der Waals surface area (Å²) in [5.41, 5.74) is 0. The Morgan fingerprint density at radius 2 is 2.12 bits per heavy atom. The first kappa shape index (κ1) is 12.7. The van der Waals surface area contributed by atoms with Crippen molar-refractivity contribution in [3.8, 4) is 0 Å². The van der Waals surface area contributed by atoms with Crippen LogP contribution in [0.1, 0.15) is 33.1 Å². The van der Waals surface area contributed by atoms with Gasteiger partial charge in [-0.05, 0) is 26.7 Å². The molecule has 1 rings (SSSR count). The molecular formula is C12H20N3O. The van der Waals surface area contributed by atoms with Crippen LogP contribution in [0.2, 0.25) is 0 Å². The fourth-order valence-corrected chi connectivity index (χ4v) is 1.68. The molecule has 0 saturated heterocycles. The van der Waals surface area contributed by atoms with E-state index in [0.29, 0.717) is 6.42 Å². The van der Waals surface area contributed by atoms with Crippen LogP contribution in [0, 0.1) is 6.20 Å². The lowest BCUT2D eigenvalue weighted by molar-refractivity contribution is -0.130. The normalized spacial score (nSPS) is 10.4. The molecular weight excluding hydrogens is 202 g/mol. The molecule has 0 unspecified atom stereocenters. The Kier molecular flexibility index (Phi) is 5.61. The highest BCUT2D eigenvalue weighted by Crippen LogP contribution is 2.02. The Balaban J connectivity index is 2.13. The predicted molar refractivity (Wildman–Crippen MR) is 62.8 cm³/mol. The summed E-state index contributed by atoms with van der Waals surface area (Å²) in [6, 6.07) is 0. The first-order valence-electron chi connectivity index (χ1n) is 5.93. The largest absolute Gasteiger partial charge is 0.343 e. The SMILES string of the molecule is CCN(CC)C(=O)CCCCn1c[c]nc1. The Morgan fingerprint density at radius 1 is 1.38 bits per heavy atom. The molecule has 0 aliphatic carbocycles. The van der Waals surface area contributed by atoms with Gasteiger partial charge >= 0.3 is 0 Å². The van der Waals surface area contributed by atoms with Crippen molar-refractivity contribution in [1.82, 2.24) is 14.5 Å². The van der Waals surface area contributed by atoms with Crippen molar-refractivity contribution >= 4 is 5.91 Å². The Morgan fingerprint density at radius 3 is 2.69 bits per heavy atom.